The highest BCUT2D eigenvalue weighted by molar-refractivity contribution is 5.91. The zero-order valence-electron chi connectivity index (χ0n) is 11.7. The third-order valence-corrected chi connectivity index (χ3v) is 2.97. The average molecular weight is 291 g/mol. The van der Waals surface area contributed by atoms with Crippen LogP contribution in [0.15, 0.2) is 48.5 Å². The summed E-state index contributed by atoms with van der Waals surface area (Å²) in [6, 6.07) is 12.0. The fourth-order valence-electron chi connectivity index (χ4n) is 2.10. The number of carbonyl (C=O) groups excluding carboxylic acids is 1. The Bertz CT molecular complexity index is 631. The molecule has 0 aliphatic rings. The number of rotatable bonds is 5. The lowest BCUT2D eigenvalue weighted by molar-refractivity contribution is -0.885. The van der Waals surface area contributed by atoms with Gasteiger partial charge in [0.2, 0.25) is 0 Å². The van der Waals surface area contributed by atoms with E-state index in [1.165, 1.54) is 30.3 Å². The Balaban J connectivity index is 1.87. The molecule has 21 heavy (non-hydrogen) atoms. The Morgan fingerprint density at radius 3 is 2.43 bits per heavy atom. The molecule has 1 unspecified atom stereocenters. The van der Waals surface area contributed by atoms with Crippen LogP contribution < -0.4 is 10.2 Å². The summed E-state index contributed by atoms with van der Waals surface area (Å²) in [7, 11) is 1.84. The molecular weight excluding hydrogens is 274 g/mol. The fourth-order valence-corrected chi connectivity index (χ4v) is 2.10. The summed E-state index contributed by atoms with van der Waals surface area (Å²) in [6.45, 7) is 0.751. The zero-order valence-corrected chi connectivity index (χ0v) is 11.7. The van der Waals surface area contributed by atoms with Crippen LogP contribution in [0.5, 0.6) is 0 Å². The van der Waals surface area contributed by atoms with Crippen LogP contribution in [0.25, 0.3) is 0 Å². The van der Waals surface area contributed by atoms with Gasteiger partial charge in [0.25, 0.3) is 5.91 Å². The van der Waals surface area contributed by atoms with Gasteiger partial charge >= 0.3 is 0 Å². The van der Waals surface area contributed by atoms with Crippen molar-refractivity contribution in [3.05, 3.63) is 65.7 Å². The van der Waals surface area contributed by atoms with E-state index < -0.39 is 5.82 Å². The Morgan fingerprint density at radius 2 is 1.76 bits per heavy atom. The number of nitrogens with one attached hydrogen (secondary N) is 2. The molecule has 0 heterocycles. The van der Waals surface area contributed by atoms with Gasteiger partial charge in [-0.15, -0.1) is 0 Å². The summed E-state index contributed by atoms with van der Waals surface area (Å²) >= 11 is 0. The highest BCUT2D eigenvalue weighted by Gasteiger charge is 2.11. The minimum atomic E-state index is -0.395. The Hall–Kier alpha value is -2.27. The lowest BCUT2D eigenvalue weighted by Crippen LogP contribution is -3.08. The first kappa shape index (κ1) is 15.1. The number of carbonyl (C=O) groups is 1. The number of hydrogen-bond acceptors (Lipinski definition) is 1. The SMILES string of the molecule is C[NH+](CC(=O)Nc1cccc(F)c1)Cc1cccc(F)c1. The predicted octanol–water partition coefficient (Wildman–Crippen LogP) is 1.62. The van der Waals surface area contributed by atoms with Gasteiger partial charge in [-0.1, -0.05) is 18.2 Å². The van der Waals surface area contributed by atoms with Gasteiger partial charge in [0.05, 0.1) is 7.05 Å². The summed E-state index contributed by atoms with van der Waals surface area (Å²) in [5.41, 5.74) is 1.25. The van der Waals surface area contributed by atoms with E-state index in [1.54, 1.807) is 12.1 Å². The van der Waals surface area contributed by atoms with E-state index in [1.807, 2.05) is 13.1 Å². The molecule has 2 rings (SSSR count). The lowest BCUT2D eigenvalue weighted by Gasteiger charge is -2.14. The molecular formula is C16H17F2N2O+. The highest BCUT2D eigenvalue weighted by atomic mass is 19.1. The lowest BCUT2D eigenvalue weighted by atomic mass is 10.2. The second-order valence-corrected chi connectivity index (χ2v) is 5.00. The maximum absolute atomic E-state index is 13.1. The number of amides is 1. The second-order valence-electron chi connectivity index (χ2n) is 5.00. The van der Waals surface area contributed by atoms with Gasteiger partial charge < -0.3 is 10.2 Å². The summed E-state index contributed by atoms with van der Waals surface area (Å²) in [5, 5.41) is 2.64. The first-order chi connectivity index (χ1) is 10.0. The van der Waals surface area contributed by atoms with Gasteiger partial charge in [0, 0.05) is 11.3 Å². The van der Waals surface area contributed by atoms with Crippen LogP contribution in [-0.4, -0.2) is 19.5 Å². The van der Waals surface area contributed by atoms with Crippen molar-refractivity contribution < 1.29 is 18.5 Å². The molecule has 0 fully saturated rings. The highest BCUT2D eigenvalue weighted by Crippen LogP contribution is 2.08. The van der Waals surface area contributed by atoms with Crippen LogP contribution in [0, 0.1) is 11.6 Å². The monoisotopic (exact) mass is 291 g/mol. The van der Waals surface area contributed by atoms with Gasteiger partial charge in [-0.25, -0.2) is 8.78 Å². The minimum absolute atomic E-state index is 0.213. The number of benzene rings is 2. The van der Waals surface area contributed by atoms with Crippen molar-refractivity contribution in [2.24, 2.45) is 0 Å². The Kier molecular flexibility index (Phi) is 5.00. The van der Waals surface area contributed by atoms with Crippen molar-refractivity contribution >= 4 is 11.6 Å². The second kappa shape index (κ2) is 6.95. The van der Waals surface area contributed by atoms with Crippen LogP contribution in [-0.2, 0) is 11.3 Å². The quantitative estimate of drug-likeness (QED) is 0.862. The summed E-state index contributed by atoms with van der Waals surface area (Å²) in [6.07, 6.45) is 0. The summed E-state index contributed by atoms with van der Waals surface area (Å²) in [5.74, 6) is -0.896. The molecule has 0 saturated heterocycles. The first-order valence-corrected chi connectivity index (χ1v) is 6.64. The number of halogens is 2. The van der Waals surface area contributed by atoms with Crippen molar-refractivity contribution in [1.82, 2.24) is 0 Å². The summed E-state index contributed by atoms with van der Waals surface area (Å²) < 4.78 is 26.1. The van der Waals surface area contributed by atoms with Gasteiger partial charge in [0.1, 0.15) is 18.2 Å². The van der Waals surface area contributed by atoms with Crippen molar-refractivity contribution in [3.63, 3.8) is 0 Å². The molecule has 3 nitrogen and oxygen atoms in total. The van der Waals surface area contributed by atoms with E-state index in [0.717, 1.165) is 10.5 Å². The Morgan fingerprint density at radius 1 is 1.10 bits per heavy atom. The number of likely N-dealkylation sites (N-methyl/N-ethyl adjacent to an activating group) is 1. The molecule has 2 aromatic carbocycles. The topological polar surface area (TPSA) is 33.5 Å². The third-order valence-electron chi connectivity index (χ3n) is 2.97. The molecule has 1 atom stereocenters. The van der Waals surface area contributed by atoms with Gasteiger partial charge in [-0.05, 0) is 30.3 Å². The average Bonchev–Trinajstić information content (AvgIpc) is 2.38. The Labute approximate surface area is 122 Å². The van der Waals surface area contributed by atoms with Crippen LogP contribution in [0.2, 0.25) is 0 Å². The molecule has 110 valence electrons. The van der Waals surface area contributed by atoms with Crippen LogP contribution in [0.1, 0.15) is 5.56 Å². The van der Waals surface area contributed by atoms with E-state index in [0.29, 0.717) is 12.2 Å². The molecule has 1 amide bonds. The smallest absolute Gasteiger partial charge is 0.279 e. The van der Waals surface area contributed by atoms with E-state index >= 15 is 0 Å². The third kappa shape index (κ3) is 4.96. The van der Waals surface area contributed by atoms with Gasteiger partial charge in [-0.3, -0.25) is 4.79 Å². The van der Waals surface area contributed by atoms with Crippen LogP contribution in [0.4, 0.5) is 14.5 Å². The first-order valence-electron chi connectivity index (χ1n) is 6.64. The molecule has 5 heteroatoms. The van der Waals surface area contributed by atoms with E-state index in [4.69, 9.17) is 0 Å². The molecule has 2 aromatic rings. The molecule has 0 saturated carbocycles. The van der Waals surface area contributed by atoms with Crippen LogP contribution >= 0.6 is 0 Å². The number of hydrogen-bond donors (Lipinski definition) is 2. The number of anilines is 1. The fraction of sp³-hybridized carbons (Fsp3) is 0.188. The molecule has 2 N–H and O–H groups in total. The van der Waals surface area contributed by atoms with E-state index in [9.17, 15) is 13.6 Å². The standard InChI is InChI=1S/C16H16F2N2O/c1-20(10-12-4-2-5-13(17)8-12)11-16(21)19-15-7-3-6-14(18)9-15/h2-9H,10-11H2,1H3,(H,19,21)/p+1. The molecule has 0 bridgehead atoms. The van der Waals surface area contributed by atoms with Gasteiger partial charge in [-0.2, -0.15) is 0 Å². The van der Waals surface area contributed by atoms with E-state index in [-0.39, 0.29) is 18.3 Å². The molecule has 0 aliphatic carbocycles. The normalized spacial score (nSPS) is 12.0. The number of quaternary nitrogens is 1. The summed E-state index contributed by atoms with van der Waals surface area (Å²) in [4.78, 5) is 12.8. The molecule has 0 aromatic heterocycles. The van der Waals surface area contributed by atoms with Crippen molar-refractivity contribution in [1.29, 1.82) is 0 Å². The minimum Gasteiger partial charge on any atom is -0.326 e. The molecule has 0 aliphatic heterocycles. The molecule has 0 spiro atoms. The van der Waals surface area contributed by atoms with Crippen LogP contribution in [0.3, 0.4) is 0 Å². The maximum Gasteiger partial charge on any atom is 0.279 e. The largest absolute Gasteiger partial charge is 0.326 e. The zero-order chi connectivity index (χ0) is 15.2. The maximum atomic E-state index is 13.1. The predicted molar refractivity (Wildman–Crippen MR) is 76.9 cm³/mol. The van der Waals surface area contributed by atoms with Crippen molar-refractivity contribution in [3.8, 4) is 0 Å². The van der Waals surface area contributed by atoms with Gasteiger partial charge in [0.15, 0.2) is 6.54 Å². The van der Waals surface area contributed by atoms with E-state index in [2.05, 4.69) is 5.32 Å². The molecule has 0 radical (unpaired) electrons. The van der Waals surface area contributed by atoms with Crippen molar-refractivity contribution in [2.75, 3.05) is 18.9 Å². The van der Waals surface area contributed by atoms with Crippen molar-refractivity contribution in [2.45, 2.75) is 6.54 Å².